The number of aliphatic hydroxyl groups excluding tert-OH is 1. The van der Waals surface area contributed by atoms with Crippen LogP contribution in [0.3, 0.4) is 0 Å². The van der Waals surface area contributed by atoms with Crippen molar-refractivity contribution >= 4 is 15.9 Å². The summed E-state index contributed by atoms with van der Waals surface area (Å²) < 4.78 is 27.6. The van der Waals surface area contributed by atoms with Crippen LogP contribution < -0.4 is 5.32 Å². The summed E-state index contributed by atoms with van der Waals surface area (Å²) in [7, 11) is -3.75. The van der Waals surface area contributed by atoms with Crippen molar-refractivity contribution in [2.24, 2.45) is 5.41 Å². The minimum atomic E-state index is -3.75. The number of sulfonamides is 1. The van der Waals surface area contributed by atoms with Crippen molar-refractivity contribution in [2.75, 3.05) is 13.1 Å². The third-order valence-electron chi connectivity index (χ3n) is 5.04. The van der Waals surface area contributed by atoms with Crippen molar-refractivity contribution in [3.63, 3.8) is 0 Å². The molecule has 0 radical (unpaired) electrons. The number of aromatic nitrogens is 1. The molecule has 1 saturated heterocycles. The van der Waals surface area contributed by atoms with Crippen molar-refractivity contribution in [2.45, 2.75) is 37.8 Å². The van der Waals surface area contributed by atoms with Gasteiger partial charge < -0.3 is 10.4 Å². The Morgan fingerprint density at radius 2 is 1.89 bits per heavy atom. The van der Waals surface area contributed by atoms with E-state index in [-0.39, 0.29) is 23.7 Å². The third kappa shape index (κ3) is 4.09. The minimum absolute atomic E-state index is 0.0145. The number of benzene rings is 1. The van der Waals surface area contributed by atoms with E-state index >= 15 is 0 Å². The molecule has 3 rings (SSSR count). The maximum atomic E-state index is 13.1. The van der Waals surface area contributed by atoms with Crippen molar-refractivity contribution in [1.82, 2.24) is 14.6 Å². The molecule has 1 aliphatic rings. The normalized spacial score (nSPS) is 22.6. The van der Waals surface area contributed by atoms with Crippen LogP contribution in [0.5, 0.6) is 0 Å². The molecule has 0 spiro atoms. The molecule has 2 atom stereocenters. The lowest BCUT2D eigenvalue weighted by Gasteiger charge is -2.45. The van der Waals surface area contributed by atoms with E-state index in [4.69, 9.17) is 0 Å². The molecule has 2 N–H and O–H groups in total. The van der Waals surface area contributed by atoms with Crippen LogP contribution in [0.15, 0.2) is 53.6 Å². The van der Waals surface area contributed by atoms with Crippen molar-refractivity contribution in [3.05, 3.63) is 59.9 Å². The number of aryl methyl sites for hydroxylation is 1. The Kier molecular flexibility index (Phi) is 5.56. The zero-order valence-electron chi connectivity index (χ0n) is 16.2. The topological polar surface area (TPSA) is 99.6 Å². The smallest absolute Gasteiger partial charge is 0.270 e. The van der Waals surface area contributed by atoms with Gasteiger partial charge >= 0.3 is 0 Å². The van der Waals surface area contributed by atoms with Crippen LogP contribution >= 0.6 is 0 Å². The first-order valence-corrected chi connectivity index (χ1v) is 10.5. The van der Waals surface area contributed by atoms with Crippen molar-refractivity contribution < 1.29 is 18.3 Å². The predicted octanol–water partition coefficient (Wildman–Crippen LogP) is 1.58. The largest absolute Gasteiger partial charge is 0.390 e. The average molecular weight is 404 g/mol. The number of aliphatic hydroxyl groups is 1. The number of nitrogens with one attached hydrogen (secondary N) is 1. The second kappa shape index (κ2) is 7.62. The Morgan fingerprint density at radius 3 is 2.50 bits per heavy atom. The molecule has 1 aliphatic heterocycles. The molecular weight excluding hydrogens is 378 g/mol. The summed E-state index contributed by atoms with van der Waals surface area (Å²) in [6.07, 6.45) is 0.606. The molecule has 0 bridgehead atoms. The predicted molar refractivity (Wildman–Crippen MR) is 105 cm³/mol. The fourth-order valence-electron chi connectivity index (χ4n) is 3.38. The second-order valence-corrected chi connectivity index (χ2v) is 9.78. The van der Waals surface area contributed by atoms with Crippen LogP contribution in [-0.4, -0.2) is 54.0 Å². The van der Waals surface area contributed by atoms with Gasteiger partial charge in [-0.15, -0.1) is 0 Å². The molecule has 1 aromatic carbocycles. The number of rotatable bonds is 4. The third-order valence-corrected chi connectivity index (χ3v) is 6.86. The van der Waals surface area contributed by atoms with Gasteiger partial charge in [0, 0.05) is 24.7 Å². The molecule has 2 heterocycles. The highest BCUT2D eigenvalue weighted by atomic mass is 32.2. The van der Waals surface area contributed by atoms with Gasteiger partial charge in [-0.2, -0.15) is 4.31 Å². The lowest BCUT2D eigenvalue weighted by atomic mass is 9.79. The molecule has 1 fully saturated rings. The highest BCUT2D eigenvalue weighted by molar-refractivity contribution is 7.89. The zero-order chi connectivity index (χ0) is 20.5. The summed E-state index contributed by atoms with van der Waals surface area (Å²) in [5, 5.41) is 13.5. The quantitative estimate of drug-likeness (QED) is 0.807. The molecule has 2 aromatic rings. The van der Waals surface area contributed by atoms with Gasteiger partial charge in [-0.05, 0) is 31.2 Å². The lowest BCUT2D eigenvalue weighted by molar-refractivity contribution is -0.0250. The van der Waals surface area contributed by atoms with Gasteiger partial charge in [0.1, 0.15) is 5.69 Å². The van der Waals surface area contributed by atoms with E-state index < -0.39 is 33.5 Å². The fraction of sp³-hybridized carbons (Fsp3) is 0.400. The monoisotopic (exact) mass is 403 g/mol. The molecule has 28 heavy (non-hydrogen) atoms. The van der Waals surface area contributed by atoms with Gasteiger partial charge in [0.05, 0.1) is 17.0 Å². The SMILES string of the molecule is Cc1ccc(S(=O)(=O)N2C[C@H](NC(=O)c3ccccn3)[C@@H](O)C(C)(C)C2)cc1. The van der Waals surface area contributed by atoms with Gasteiger partial charge in [-0.1, -0.05) is 37.6 Å². The summed E-state index contributed by atoms with van der Waals surface area (Å²) in [5.41, 5.74) is 0.442. The number of amides is 1. The number of hydrogen-bond donors (Lipinski definition) is 2. The van der Waals surface area contributed by atoms with Crippen molar-refractivity contribution in [1.29, 1.82) is 0 Å². The first-order chi connectivity index (χ1) is 13.1. The summed E-state index contributed by atoms with van der Waals surface area (Å²) in [5.74, 6) is -0.449. The van der Waals surface area contributed by atoms with Gasteiger partial charge in [-0.3, -0.25) is 9.78 Å². The zero-order valence-corrected chi connectivity index (χ0v) is 17.0. The van der Waals surface area contributed by atoms with Gasteiger partial charge in [0.2, 0.25) is 10.0 Å². The van der Waals surface area contributed by atoms with Gasteiger partial charge in [0.25, 0.3) is 5.91 Å². The minimum Gasteiger partial charge on any atom is -0.390 e. The fourth-order valence-corrected chi connectivity index (χ4v) is 5.02. The Bertz CT molecular complexity index is 943. The number of hydrogen-bond acceptors (Lipinski definition) is 5. The molecule has 150 valence electrons. The second-order valence-electron chi connectivity index (χ2n) is 7.84. The Balaban J connectivity index is 1.86. The molecule has 1 aromatic heterocycles. The van der Waals surface area contributed by atoms with Crippen LogP contribution in [0.2, 0.25) is 0 Å². The molecular formula is C20H25N3O4S. The van der Waals surface area contributed by atoms with E-state index in [1.54, 1.807) is 56.3 Å². The van der Waals surface area contributed by atoms with Gasteiger partial charge in [-0.25, -0.2) is 8.42 Å². The van der Waals surface area contributed by atoms with Crippen LogP contribution in [-0.2, 0) is 10.0 Å². The van der Waals surface area contributed by atoms with E-state index in [1.807, 2.05) is 6.92 Å². The standard InChI is InChI=1S/C20H25N3O4S/c1-14-7-9-15(10-8-14)28(26,27)23-12-17(18(24)20(2,3)13-23)22-19(25)16-6-4-5-11-21-16/h4-11,17-18,24H,12-13H2,1-3H3,(H,22,25)/t17-,18+/m0/s1. The van der Waals surface area contributed by atoms with Crippen LogP contribution in [0, 0.1) is 12.3 Å². The lowest BCUT2D eigenvalue weighted by Crippen LogP contribution is -2.63. The molecule has 1 amide bonds. The van der Waals surface area contributed by atoms with Crippen LogP contribution in [0.25, 0.3) is 0 Å². The maximum Gasteiger partial charge on any atom is 0.270 e. The molecule has 7 nitrogen and oxygen atoms in total. The van der Waals surface area contributed by atoms with E-state index in [0.717, 1.165) is 5.56 Å². The molecule has 8 heteroatoms. The summed E-state index contributed by atoms with van der Waals surface area (Å²) in [6.45, 7) is 5.60. The Hall–Kier alpha value is -2.29. The molecule has 0 unspecified atom stereocenters. The summed E-state index contributed by atoms with van der Waals surface area (Å²) in [4.78, 5) is 16.7. The number of nitrogens with zero attached hydrogens (tertiary/aromatic N) is 2. The van der Waals surface area contributed by atoms with Crippen LogP contribution in [0.4, 0.5) is 0 Å². The Morgan fingerprint density at radius 1 is 1.21 bits per heavy atom. The first-order valence-electron chi connectivity index (χ1n) is 9.08. The average Bonchev–Trinajstić information content (AvgIpc) is 2.66. The number of pyridine rings is 1. The van der Waals surface area contributed by atoms with E-state index in [0.29, 0.717) is 0 Å². The van der Waals surface area contributed by atoms with E-state index in [9.17, 15) is 18.3 Å². The first kappa shape index (κ1) is 20.4. The van der Waals surface area contributed by atoms with E-state index in [2.05, 4.69) is 10.3 Å². The molecule has 0 aliphatic carbocycles. The van der Waals surface area contributed by atoms with Crippen molar-refractivity contribution in [3.8, 4) is 0 Å². The maximum absolute atomic E-state index is 13.1. The highest BCUT2D eigenvalue weighted by Gasteiger charge is 2.45. The van der Waals surface area contributed by atoms with Crippen LogP contribution in [0.1, 0.15) is 29.9 Å². The van der Waals surface area contributed by atoms with E-state index in [1.165, 1.54) is 10.5 Å². The summed E-state index contributed by atoms with van der Waals surface area (Å²) >= 11 is 0. The summed E-state index contributed by atoms with van der Waals surface area (Å²) in [6, 6.07) is 10.8. The van der Waals surface area contributed by atoms with Gasteiger partial charge in [0.15, 0.2) is 0 Å². The Labute approximate surface area is 165 Å². The highest BCUT2D eigenvalue weighted by Crippen LogP contribution is 2.32. The number of piperidine rings is 1. The number of carbonyl (C=O) groups is 1. The molecule has 0 saturated carbocycles. The number of carbonyl (C=O) groups excluding carboxylic acids is 1.